The van der Waals surface area contributed by atoms with Crippen molar-refractivity contribution in [2.75, 3.05) is 13.2 Å². The number of fused-ring (bicyclic) bond motifs is 2. The quantitative estimate of drug-likeness (QED) is 0.485. The molecule has 2 aliphatic heterocycles. The van der Waals surface area contributed by atoms with Gasteiger partial charge in [0.25, 0.3) is 0 Å². The molecule has 0 amide bonds. The van der Waals surface area contributed by atoms with Gasteiger partial charge in [-0.15, -0.1) is 0 Å². The molecule has 2 rings (SSSR count). The smallest absolute Gasteiger partial charge is 0.163 e. The molecule has 0 N–H and O–H groups in total. The van der Waals surface area contributed by atoms with Gasteiger partial charge in [0.05, 0.1) is 13.2 Å². The van der Waals surface area contributed by atoms with Crippen LogP contribution in [0.3, 0.4) is 0 Å². The number of rotatable bonds is 0. The second kappa shape index (κ2) is 1.50. The lowest BCUT2D eigenvalue weighted by atomic mass is 9.84. The maximum Gasteiger partial charge on any atom is 0.163 e. The van der Waals surface area contributed by atoms with Crippen LogP contribution in [0.2, 0.25) is 0 Å². The maximum absolute atomic E-state index is 5.34. The average Bonchev–Trinajstić information content (AvgIpc) is 2.24. The predicted octanol–water partition coefficient (Wildman–Crippen LogP) is 1.02. The van der Waals surface area contributed by atoms with Crippen molar-refractivity contribution in [2.24, 2.45) is 11.3 Å². The van der Waals surface area contributed by atoms with Gasteiger partial charge in [-0.1, -0.05) is 13.8 Å². The Morgan fingerprint density at radius 2 is 1.78 bits per heavy atom. The molecule has 2 aliphatic rings. The third-order valence-corrected chi connectivity index (χ3v) is 2.56. The van der Waals surface area contributed by atoms with Gasteiger partial charge in [0.15, 0.2) is 6.29 Å². The molecule has 2 fully saturated rings. The summed E-state index contributed by atoms with van der Waals surface area (Å²) in [6.45, 7) is 6.22. The molecule has 0 aromatic heterocycles. The standard InChI is InChI=1S/C7H12O2/c1-7(2)5-3-8-6(7)9-4-5/h5-6H,3-4H2,1-2H3. The Balaban J connectivity index is 2.26. The van der Waals surface area contributed by atoms with Gasteiger partial charge in [-0.2, -0.15) is 0 Å². The first-order valence-corrected chi connectivity index (χ1v) is 3.44. The average molecular weight is 128 g/mol. The van der Waals surface area contributed by atoms with Crippen LogP contribution in [0.4, 0.5) is 0 Å². The first-order valence-electron chi connectivity index (χ1n) is 3.44. The van der Waals surface area contributed by atoms with Gasteiger partial charge in [0.1, 0.15) is 0 Å². The number of hydrogen-bond acceptors (Lipinski definition) is 2. The van der Waals surface area contributed by atoms with Crippen LogP contribution in [0.25, 0.3) is 0 Å². The van der Waals surface area contributed by atoms with Crippen molar-refractivity contribution in [2.45, 2.75) is 20.1 Å². The Labute approximate surface area is 55.1 Å². The zero-order valence-corrected chi connectivity index (χ0v) is 5.89. The molecular weight excluding hydrogens is 116 g/mol. The maximum atomic E-state index is 5.34. The van der Waals surface area contributed by atoms with E-state index in [1.54, 1.807) is 0 Å². The number of ether oxygens (including phenoxy) is 2. The molecule has 0 aliphatic carbocycles. The molecule has 9 heavy (non-hydrogen) atoms. The zero-order valence-electron chi connectivity index (χ0n) is 5.89. The summed E-state index contributed by atoms with van der Waals surface area (Å²) in [6, 6.07) is 0. The normalized spacial score (nSPS) is 46.0. The second-order valence-corrected chi connectivity index (χ2v) is 3.52. The third kappa shape index (κ3) is 0.578. The molecule has 0 atom stereocenters. The monoisotopic (exact) mass is 128 g/mol. The van der Waals surface area contributed by atoms with Gasteiger partial charge in [0, 0.05) is 11.3 Å². The molecule has 2 saturated heterocycles. The highest BCUT2D eigenvalue weighted by Gasteiger charge is 2.50. The molecule has 0 aromatic rings. The van der Waals surface area contributed by atoms with Crippen LogP contribution >= 0.6 is 0 Å². The van der Waals surface area contributed by atoms with Crippen molar-refractivity contribution in [3.05, 3.63) is 0 Å². The fourth-order valence-electron chi connectivity index (χ4n) is 1.55. The van der Waals surface area contributed by atoms with Crippen molar-refractivity contribution in [3.63, 3.8) is 0 Å². The summed E-state index contributed by atoms with van der Waals surface area (Å²) in [5.74, 6) is 0.641. The first kappa shape index (κ1) is 5.69. The van der Waals surface area contributed by atoms with Gasteiger partial charge in [0.2, 0.25) is 0 Å². The summed E-state index contributed by atoms with van der Waals surface area (Å²) in [5, 5.41) is 0. The highest BCUT2D eigenvalue weighted by molar-refractivity contribution is 4.91. The summed E-state index contributed by atoms with van der Waals surface area (Å²) in [4.78, 5) is 0. The van der Waals surface area contributed by atoms with E-state index in [2.05, 4.69) is 13.8 Å². The van der Waals surface area contributed by atoms with Crippen LogP contribution in [0, 0.1) is 11.3 Å². The van der Waals surface area contributed by atoms with Gasteiger partial charge >= 0.3 is 0 Å². The summed E-state index contributed by atoms with van der Waals surface area (Å²) in [6.07, 6.45) is 0.0856. The molecule has 0 saturated carbocycles. The van der Waals surface area contributed by atoms with E-state index in [1.807, 2.05) is 0 Å². The van der Waals surface area contributed by atoms with E-state index < -0.39 is 0 Å². The molecule has 0 radical (unpaired) electrons. The summed E-state index contributed by atoms with van der Waals surface area (Å²) >= 11 is 0. The van der Waals surface area contributed by atoms with Crippen molar-refractivity contribution in [1.82, 2.24) is 0 Å². The minimum Gasteiger partial charge on any atom is -0.352 e. The Bertz CT molecular complexity index is 109. The molecule has 2 heterocycles. The van der Waals surface area contributed by atoms with Crippen molar-refractivity contribution < 1.29 is 9.47 Å². The van der Waals surface area contributed by atoms with Crippen LogP contribution in [0.5, 0.6) is 0 Å². The Morgan fingerprint density at radius 3 is 1.89 bits per heavy atom. The molecule has 2 nitrogen and oxygen atoms in total. The molecule has 0 unspecified atom stereocenters. The van der Waals surface area contributed by atoms with E-state index in [0.29, 0.717) is 5.92 Å². The van der Waals surface area contributed by atoms with Gasteiger partial charge < -0.3 is 9.47 Å². The zero-order chi connectivity index (χ0) is 6.48. The molecule has 0 aromatic carbocycles. The highest BCUT2D eigenvalue weighted by Crippen LogP contribution is 2.45. The van der Waals surface area contributed by atoms with E-state index in [4.69, 9.17) is 9.47 Å². The Kier molecular flexibility index (Phi) is 0.945. The third-order valence-electron chi connectivity index (χ3n) is 2.56. The van der Waals surface area contributed by atoms with Gasteiger partial charge in [-0.3, -0.25) is 0 Å². The van der Waals surface area contributed by atoms with Crippen molar-refractivity contribution >= 4 is 0 Å². The molecule has 2 bridgehead atoms. The Hall–Kier alpha value is -0.0800. The SMILES string of the molecule is CC1(C)C2COC1OC2. The lowest BCUT2D eigenvalue weighted by Crippen LogP contribution is -2.22. The predicted molar refractivity (Wildman–Crippen MR) is 33.0 cm³/mol. The van der Waals surface area contributed by atoms with E-state index in [1.165, 1.54) is 0 Å². The first-order chi connectivity index (χ1) is 4.21. The Morgan fingerprint density at radius 1 is 1.22 bits per heavy atom. The molecule has 52 valence electrons. The lowest BCUT2D eigenvalue weighted by molar-refractivity contribution is -0.140. The fraction of sp³-hybridized carbons (Fsp3) is 1.00. The topological polar surface area (TPSA) is 18.5 Å². The minimum absolute atomic E-state index is 0.0856. The van der Waals surface area contributed by atoms with Gasteiger partial charge in [-0.25, -0.2) is 0 Å². The van der Waals surface area contributed by atoms with Crippen molar-refractivity contribution in [1.29, 1.82) is 0 Å². The fourth-order valence-corrected chi connectivity index (χ4v) is 1.55. The summed E-state index contributed by atoms with van der Waals surface area (Å²) in [5.41, 5.74) is 0.278. The largest absolute Gasteiger partial charge is 0.352 e. The van der Waals surface area contributed by atoms with E-state index in [0.717, 1.165) is 13.2 Å². The second-order valence-electron chi connectivity index (χ2n) is 3.52. The van der Waals surface area contributed by atoms with E-state index in [9.17, 15) is 0 Å². The summed E-state index contributed by atoms with van der Waals surface area (Å²) < 4.78 is 10.7. The van der Waals surface area contributed by atoms with E-state index in [-0.39, 0.29) is 11.7 Å². The van der Waals surface area contributed by atoms with Gasteiger partial charge in [-0.05, 0) is 0 Å². The lowest BCUT2D eigenvalue weighted by Gasteiger charge is -2.18. The van der Waals surface area contributed by atoms with Crippen LogP contribution in [-0.2, 0) is 9.47 Å². The van der Waals surface area contributed by atoms with Crippen molar-refractivity contribution in [3.8, 4) is 0 Å². The molecular formula is C7H12O2. The van der Waals surface area contributed by atoms with Crippen LogP contribution in [0.15, 0.2) is 0 Å². The molecule has 2 heteroatoms. The van der Waals surface area contributed by atoms with Crippen LogP contribution < -0.4 is 0 Å². The summed E-state index contributed by atoms with van der Waals surface area (Å²) in [7, 11) is 0. The minimum atomic E-state index is 0.0856. The highest BCUT2D eigenvalue weighted by atomic mass is 16.7. The van der Waals surface area contributed by atoms with Crippen LogP contribution in [0.1, 0.15) is 13.8 Å². The number of hydrogen-bond donors (Lipinski definition) is 0. The van der Waals surface area contributed by atoms with Crippen LogP contribution in [-0.4, -0.2) is 19.5 Å². The van der Waals surface area contributed by atoms with E-state index >= 15 is 0 Å². The molecule has 0 spiro atoms.